The van der Waals surface area contributed by atoms with Gasteiger partial charge in [0.1, 0.15) is 0 Å². The van der Waals surface area contributed by atoms with E-state index in [-0.39, 0.29) is 4.90 Å². The summed E-state index contributed by atoms with van der Waals surface area (Å²) in [5.74, 6) is 0.839. The number of benzene rings is 1. The third-order valence-corrected chi connectivity index (χ3v) is 6.99. The van der Waals surface area contributed by atoms with Gasteiger partial charge in [-0.2, -0.15) is 4.31 Å². The topological polar surface area (TPSA) is 54.5 Å². The quantitative estimate of drug-likeness (QED) is 0.811. The molecule has 0 aliphatic carbocycles. The van der Waals surface area contributed by atoms with Crippen molar-refractivity contribution in [2.45, 2.75) is 11.8 Å². The number of nitrogens with zero attached hydrogens (tertiary/aromatic N) is 1. The SMILES string of the molecule is Cc1ccc(S(=O)(=O)N2CCS(=O)CC2)c(Br)c1. The minimum absolute atomic E-state index is 0.279. The largest absolute Gasteiger partial charge is 0.259 e. The van der Waals surface area contributed by atoms with Crippen molar-refractivity contribution >= 4 is 36.8 Å². The number of sulfonamides is 1. The monoisotopic (exact) mass is 351 g/mol. The molecule has 1 aromatic carbocycles. The molecular formula is C11H14BrNO3S2. The Hall–Kier alpha value is -0.240. The summed E-state index contributed by atoms with van der Waals surface area (Å²) in [6.45, 7) is 2.57. The third-order valence-electron chi connectivity index (χ3n) is 2.84. The average Bonchev–Trinajstić information content (AvgIpc) is 2.29. The summed E-state index contributed by atoms with van der Waals surface area (Å²) in [5.41, 5.74) is 1.00. The van der Waals surface area contributed by atoms with Gasteiger partial charge >= 0.3 is 0 Å². The summed E-state index contributed by atoms with van der Waals surface area (Å²) in [6.07, 6.45) is 0. The van der Waals surface area contributed by atoms with Gasteiger partial charge < -0.3 is 0 Å². The maximum absolute atomic E-state index is 12.4. The lowest BCUT2D eigenvalue weighted by atomic mass is 10.2. The normalized spacial score (nSPS) is 19.0. The van der Waals surface area contributed by atoms with E-state index in [2.05, 4.69) is 15.9 Å². The smallest absolute Gasteiger partial charge is 0.244 e. The Morgan fingerprint density at radius 2 is 1.89 bits per heavy atom. The van der Waals surface area contributed by atoms with Crippen LogP contribution in [0.15, 0.2) is 27.6 Å². The minimum Gasteiger partial charge on any atom is -0.259 e. The summed E-state index contributed by atoms with van der Waals surface area (Å²) in [7, 11) is -4.36. The van der Waals surface area contributed by atoms with Gasteiger partial charge in [-0.05, 0) is 40.5 Å². The van der Waals surface area contributed by atoms with Gasteiger partial charge in [-0.15, -0.1) is 0 Å². The van der Waals surface area contributed by atoms with Crippen LogP contribution in [0.5, 0.6) is 0 Å². The van der Waals surface area contributed by atoms with Crippen LogP contribution in [0.2, 0.25) is 0 Å². The lowest BCUT2D eigenvalue weighted by molar-refractivity contribution is 0.438. The molecule has 1 aromatic rings. The lowest BCUT2D eigenvalue weighted by Gasteiger charge is -2.26. The van der Waals surface area contributed by atoms with E-state index >= 15 is 0 Å². The van der Waals surface area contributed by atoms with Crippen molar-refractivity contribution in [3.05, 3.63) is 28.2 Å². The fraction of sp³-hybridized carbons (Fsp3) is 0.455. The molecule has 1 aliphatic rings. The van der Waals surface area contributed by atoms with E-state index in [4.69, 9.17) is 0 Å². The molecule has 2 rings (SSSR count). The number of aryl methyl sites for hydroxylation is 1. The van der Waals surface area contributed by atoms with Crippen molar-refractivity contribution in [1.29, 1.82) is 0 Å². The van der Waals surface area contributed by atoms with Crippen molar-refractivity contribution in [2.75, 3.05) is 24.6 Å². The molecule has 0 radical (unpaired) electrons. The van der Waals surface area contributed by atoms with E-state index in [0.717, 1.165) is 5.56 Å². The Bertz CT molecular complexity index is 576. The van der Waals surface area contributed by atoms with E-state index in [0.29, 0.717) is 29.1 Å². The molecule has 0 saturated carbocycles. The van der Waals surface area contributed by atoms with Gasteiger partial charge in [-0.3, -0.25) is 4.21 Å². The summed E-state index contributed by atoms with van der Waals surface area (Å²) < 4.78 is 38.1. The summed E-state index contributed by atoms with van der Waals surface area (Å²) in [6, 6.07) is 5.18. The highest BCUT2D eigenvalue weighted by Gasteiger charge is 2.29. The first-order valence-corrected chi connectivity index (χ1v) is 9.24. The van der Waals surface area contributed by atoms with Crippen LogP contribution in [0, 0.1) is 6.92 Å². The van der Waals surface area contributed by atoms with Gasteiger partial charge in [-0.1, -0.05) is 6.07 Å². The van der Waals surface area contributed by atoms with Crippen molar-refractivity contribution in [1.82, 2.24) is 4.31 Å². The van der Waals surface area contributed by atoms with Crippen LogP contribution in [0.1, 0.15) is 5.56 Å². The molecule has 1 heterocycles. The van der Waals surface area contributed by atoms with Crippen molar-refractivity contribution in [2.24, 2.45) is 0 Å². The molecule has 0 spiro atoms. The Morgan fingerprint density at radius 3 is 2.44 bits per heavy atom. The number of hydrogen-bond donors (Lipinski definition) is 0. The molecule has 1 aliphatic heterocycles. The highest BCUT2D eigenvalue weighted by Crippen LogP contribution is 2.26. The van der Waals surface area contributed by atoms with E-state index in [1.807, 2.05) is 6.92 Å². The Morgan fingerprint density at radius 1 is 1.28 bits per heavy atom. The summed E-state index contributed by atoms with van der Waals surface area (Å²) in [4.78, 5) is 0.279. The maximum atomic E-state index is 12.4. The van der Waals surface area contributed by atoms with Crippen LogP contribution in [0.4, 0.5) is 0 Å². The second-order valence-corrected chi connectivity index (χ2v) is 8.64. The fourth-order valence-electron chi connectivity index (χ4n) is 1.82. The lowest BCUT2D eigenvalue weighted by Crippen LogP contribution is -2.41. The number of halogens is 1. The molecule has 0 aromatic heterocycles. The van der Waals surface area contributed by atoms with Crippen LogP contribution < -0.4 is 0 Å². The van der Waals surface area contributed by atoms with Gasteiger partial charge in [-0.25, -0.2) is 8.42 Å². The second kappa shape index (κ2) is 5.40. The predicted molar refractivity (Wildman–Crippen MR) is 75.5 cm³/mol. The molecule has 1 fully saturated rings. The van der Waals surface area contributed by atoms with Gasteiger partial charge in [0.25, 0.3) is 0 Å². The van der Waals surface area contributed by atoms with Crippen molar-refractivity contribution < 1.29 is 12.6 Å². The molecule has 7 heteroatoms. The van der Waals surface area contributed by atoms with Gasteiger partial charge in [0, 0.05) is 39.9 Å². The van der Waals surface area contributed by atoms with Crippen LogP contribution in [0.3, 0.4) is 0 Å². The highest BCUT2D eigenvalue weighted by molar-refractivity contribution is 9.10. The van der Waals surface area contributed by atoms with Crippen LogP contribution in [0.25, 0.3) is 0 Å². The van der Waals surface area contributed by atoms with E-state index in [1.165, 1.54) is 4.31 Å². The average molecular weight is 352 g/mol. The zero-order chi connectivity index (χ0) is 13.3. The number of hydrogen-bond acceptors (Lipinski definition) is 3. The van der Waals surface area contributed by atoms with E-state index in [9.17, 15) is 12.6 Å². The van der Waals surface area contributed by atoms with Crippen molar-refractivity contribution in [3.8, 4) is 0 Å². The van der Waals surface area contributed by atoms with E-state index in [1.54, 1.807) is 18.2 Å². The molecule has 0 bridgehead atoms. The Kier molecular flexibility index (Phi) is 4.25. The van der Waals surface area contributed by atoms with Gasteiger partial charge in [0.05, 0.1) is 4.90 Å². The highest BCUT2D eigenvalue weighted by atomic mass is 79.9. The molecule has 0 unspecified atom stereocenters. The minimum atomic E-state index is -3.48. The number of rotatable bonds is 2. The Labute approximate surface area is 118 Å². The molecule has 18 heavy (non-hydrogen) atoms. The van der Waals surface area contributed by atoms with E-state index < -0.39 is 20.8 Å². The summed E-state index contributed by atoms with van der Waals surface area (Å²) >= 11 is 3.30. The first kappa shape index (κ1) is 14.2. The molecule has 0 atom stereocenters. The molecule has 4 nitrogen and oxygen atoms in total. The standard InChI is InChI=1S/C11H14BrNO3S2/c1-9-2-3-11(10(12)8-9)18(15,16)13-4-6-17(14)7-5-13/h2-3,8H,4-7H2,1H3. The van der Waals surface area contributed by atoms with Gasteiger partial charge in [0.2, 0.25) is 10.0 Å². The molecule has 1 saturated heterocycles. The maximum Gasteiger partial charge on any atom is 0.244 e. The zero-order valence-electron chi connectivity index (χ0n) is 9.93. The third kappa shape index (κ3) is 2.84. The fourth-order valence-corrected chi connectivity index (χ4v) is 5.69. The van der Waals surface area contributed by atoms with Crippen LogP contribution >= 0.6 is 15.9 Å². The summed E-state index contributed by atoms with van der Waals surface area (Å²) in [5, 5.41) is 0. The molecule has 100 valence electrons. The molecule has 0 amide bonds. The predicted octanol–water partition coefficient (Wildman–Crippen LogP) is 1.51. The van der Waals surface area contributed by atoms with Crippen LogP contribution in [-0.2, 0) is 20.8 Å². The van der Waals surface area contributed by atoms with Crippen molar-refractivity contribution in [3.63, 3.8) is 0 Å². The zero-order valence-corrected chi connectivity index (χ0v) is 13.1. The molecular weight excluding hydrogens is 338 g/mol. The van der Waals surface area contributed by atoms with Crippen LogP contribution in [-0.4, -0.2) is 41.5 Å². The first-order valence-electron chi connectivity index (χ1n) is 5.52. The second-order valence-electron chi connectivity index (χ2n) is 4.19. The van der Waals surface area contributed by atoms with Gasteiger partial charge in [0.15, 0.2) is 0 Å². The first-order chi connectivity index (χ1) is 8.41. The Balaban J connectivity index is 2.33. The molecule has 0 N–H and O–H groups in total.